The maximum atomic E-state index is 14.7. The summed E-state index contributed by atoms with van der Waals surface area (Å²) >= 11 is 0. The molecule has 8 heteroatoms. The third-order valence-electron chi connectivity index (χ3n) is 4.15. The maximum Gasteiger partial charge on any atom is 0.186 e. The summed E-state index contributed by atoms with van der Waals surface area (Å²) in [7, 11) is 1.45. The summed E-state index contributed by atoms with van der Waals surface area (Å²) in [6.45, 7) is 3.32. The maximum absolute atomic E-state index is 14.7. The average molecular weight is 351 g/mol. The third-order valence-corrected chi connectivity index (χ3v) is 4.15. The quantitative estimate of drug-likeness (QED) is 0.834. The van der Waals surface area contributed by atoms with E-state index in [2.05, 4.69) is 5.10 Å². The molecule has 2 aliphatic rings. The lowest BCUT2D eigenvalue weighted by molar-refractivity contribution is -0.111. The summed E-state index contributed by atoms with van der Waals surface area (Å²) in [5.41, 5.74) is 0.326. The van der Waals surface area contributed by atoms with Gasteiger partial charge in [0.2, 0.25) is 0 Å². The first-order valence-electron chi connectivity index (χ1n) is 7.94. The zero-order valence-corrected chi connectivity index (χ0v) is 14.1. The number of methoxy groups -OCH3 is 1. The van der Waals surface area contributed by atoms with E-state index in [1.54, 1.807) is 4.90 Å². The van der Waals surface area contributed by atoms with Gasteiger partial charge in [-0.1, -0.05) is 0 Å². The number of nitrogens with zero attached hydrogens (tertiary/aromatic N) is 3. The number of ether oxygens (including phenoxy) is 2. The van der Waals surface area contributed by atoms with E-state index in [0.29, 0.717) is 32.1 Å². The second kappa shape index (κ2) is 7.18. The first kappa shape index (κ1) is 17.3. The van der Waals surface area contributed by atoms with Crippen molar-refractivity contribution in [1.82, 2.24) is 0 Å². The van der Waals surface area contributed by atoms with Crippen LogP contribution in [0.4, 0.5) is 20.2 Å². The fourth-order valence-corrected chi connectivity index (χ4v) is 2.74. The first-order valence-corrected chi connectivity index (χ1v) is 7.94. The summed E-state index contributed by atoms with van der Waals surface area (Å²) in [6, 6.07) is 2.95. The van der Waals surface area contributed by atoms with Crippen molar-refractivity contribution >= 4 is 22.9 Å². The van der Waals surface area contributed by atoms with Gasteiger partial charge in [0, 0.05) is 20.0 Å². The van der Waals surface area contributed by atoms with Gasteiger partial charge in [0.05, 0.1) is 38.6 Å². The standard InChI is InChI=1S/C17H19F2N3O3/c1-11(23)13-9-12(24-2)10-22(20-13)15-4-3-14(16(18)17(15)19)21-5-7-25-8-6-21/h3-4,10H,5-9H2,1-2H3. The molecule has 0 atom stereocenters. The Morgan fingerprint density at radius 2 is 1.84 bits per heavy atom. The van der Waals surface area contributed by atoms with Crippen molar-refractivity contribution in [3.8, 4) is 0 Å². The van der Waals surface area contributed by atoms with Crippen LogP contribution in [-0.4, -0.2) is 44.9 Å². The largest absolute Gasteiger partial charge is 0.499 e. The Morgan fingerprint density at radius 1 is 1.20 bits per heavy atom. The number of rotatable bonds is 4. The highest BCUT2D eigenvalue weighted by Crippen LogP contribution is 2.32. The number of morpholine rings is 1. The van der Waals surface area contributed by atoms with Gasteiger partial charge in [-0.3, -0.25) is 4.79 Å². The minimum Gasteiger partial charge on any atom is -0.499 e. The Hall–Kier alpha value is -2.48. The predicted octanol–water partition coefficient (Wildman–Crippen LogP) is 2.44. The summed E-state index contributed by atoms with van der Waals surface area (Å²) in [5, 5.41) is 5.24. The number of hydrogen-bond acceptors (Lipinski definition) is 6. The summed E-state index contributed by atoms with van der Waals surface area (Å²) in [5.74, 6) is -1.78. The molecular weight excluding hydrogens is 332 g/mol. The average Bonchev–Trinajstić information content (AvgIpc) is 2.64. The monoisotopic (exact) mass is 351 g/mol. The van der Waals surface area contributed by atoms with E-state index >= 15 is 0 Å². The molecule has 0 unspecified atom stereocenters. The van der Waals surface area contributed by atoms with E-state index < -0.39 is 11.6 Å². The van der Waals surface area contributed by atoms with E-state index in [1.807, 2.05) is 0 Å². The lowest BCUT2D eigenvalue weighted by atomic mass is 10.1. The molecule has 134 valence electrons. The van der Waals surface area contributed by atoms with Gasteiger partial charge in [-0.15, -0.1) is 0 Å². The van der Waals surface area contributed by atoms with Gasteiger partial charge in [0.25, 0.3) is 0 Å². The van der Waals surface area contributed by atoms with Crippen molar-refractivity contribution in [3.63, 3.8) is 0 Å². The molecule has 0 N–H and O–H groups in total. The zero-order valence-electron chi connectivity index (χ0n) is 14.1. The lowest BCUT2D eigenvalue weighted by Crippen LogP contribution is -2.37. The number of allylic oxidation sites excluding steroid dienone is 1. The van der Waals surface area contributed by atoms with Crippen LogP contribution in [0, 0.1) is 11.6 Å². The molecule has 25 heavy (non-hydrogen) atoms. The molecule has 1 saturated heterocycles. The van der Waals surface area contributed by atoms with E-state index in [-0.39, 0.29) is 29.3 Å². The van der Waals surface area contributed by atoms with Crippen molar-refractivity contribution < 1.29 is 23.0 Å². The molecule has 1 aromatic carbocycles. The Balaban J connectivity index is 1.96. The zero-order chi connectivity index (χ0) is 18.0. The van der Waals surface area contributed by atoms with Crippen molar-refractivity contribution in [2.45, 2.75) is 13.3 Å². The molecule has 2 aliphatic heterocycles. The molecule has 0 amide bonds. The molecule has 1 fully saturated rings. The molecule has 6 nitrogen and oxygen atoms in total. The molecule has 0 aromatic heterocycles. The second-order valence-corrected chi connectivity index (χ2v) is 5.75. The van der Waals surface area contributed by atoms with Gasteiger partial charge in [0.1, 0.15) is 17.2 Å². The Kier molecular flexibility index (Phi) is 4.98. The highest BCUT2D eigenvalue weighted by molar-refractivity contribution is 6.39. The van der Waals surface area contributed by atoms with E-state index in [4.69, 9.17) is 9.47 Å². The third kappa shape index (κ3) is 3.48. The number of carbonyl (C=O) groups is 1. The lowest BCUT2D eigenvalue weighted by Gasteiger charge is -2.30. The van der Waals surface area contributed by atoms with Crippen LogP contribution >= 0.6 is 0 Å². The molecular formula is C17H19F2N3O3. The van der Waals surface area contributed by atoms with Crippen LogP contribution in [0.1, 0.15) is 13.3 Å². The van der Waals surface area contributed by atoms with Crippen molar-refractivity contribution in [3.05, 3.63) is 35.7 Å². The number of anilines is 2. The van der Waals surface area contributed by atoms with Gasteiger partial charge >= 0.3 is 0 Å². The van der Waals surface area contributed by atoms with Crippen LogP contribution < -0.4 is 9.91 Å². The topological polar surface area (TPSA) is 54.4 Å². The predicted molar refractivity (Wildman–Crippen MR) is 89.7 cm³/mol. The number of Topliss-reactive ketones (excluding diaryl/α,β-unsaturated/α-hetero) is 1. The van der Waals surface area contributed by atoms with Crippen LogP contribution in [-0.2, 0) is 14.3 Å². The SMILES string of the molecule is COC1=CN(c2ccc(N3CCOCC3)c(F)c2F)N=C(C(C)=O)C1. The van der Waals surface area contributed by atoms with Gasteiger partial charge < -0.3 is 14.4 Å². The van der Waals surface area contributed by atoms with E-state index in [1.165, 1.54) is 32.4 Å². The van der Waals surface area contributed by atoms with Crippen LogP contribution in [0.15, 0.2) is 29.2 Å². The van der Waals surface area contributed by atoms with Crippen LogP contribution in [0.2, 0.25) is 0 Å². The number of hydrogen-bond donors (Lipinski definition) is 0. The molecule has 0 saturated carbocycles. The fourth-order valence-electron chi connectivity index (χ4n) is 2.74. The number of ketones is 1. The Morgan fingerprint density at radius 3 is 2.48 bits per heavy atom. The van der Waals surface area contributed by atoms with Gasteiger partial charge in [0.15, 0.2) is 17.4 Å². The van der Waals surface area contributed by atoms with Gasteiger partial charge in [-0.05, 0) is 12.1 Å². The van der Waals surface area contributed by atoms with Gasteiger partial charge in [-0.2, -0.15) is 5.10 Å². The fraction of sp³-hybridized carbons (Fsp3) is 0.412. The minimum absolute atomic E-state index is 0.0810. The van der Waals surface area contributed by atoms with E-state index in [9.17, 15) is 13.6 Å². The number of halogens is 2. The van der Waals surface area contributed by atoms with Crippen molar-refractivity contribution in [1.29, 1.82) is 0 Å². The Bertz CT molecular complexity index is 743. The second-order valence-electron chi connectivity index (χ2n) is 5.75. The van der Waals surface area contributed by atoms with Crippen molar-refractivity contribution in [2.24, 2.45) is 5.10 Å². The molecule has 0 bridgehead atoms. The number of carbonyl (C=O) groups excluding carboxylic acids is 1. The van der Waals surface area contributed by atoms with Crippen molar-refractivity contribution in [2.75, 3.05) is 43.3 Å². The summed E-state index contributed by atoms with van der Waals surface area (Å²) < 4.78 is 39.6. The number of hydrazone groups is 1. The van der Waals surface area contributed by atoms with Crippen LogP contribution in [0.5, 0.6) is 0 Å². The molecule has 0 aliphatic carbocycles. The molecule has 1 aromatic rings. The van der Waals surface area contributed by atoms with Gasteiger partial charge in [-0.25, -0.2) is 13.8 Å². The summed E-state index contributed by atoms with van der Waals surface area (Å²) in [6.07, 6.45) is 1.66. The molecule has 0 spiro atoms. The summed E-state index contributed by atoms with van der Waals surface area (Å²) in [4.78, 5) is 13.4. The van der Waals surface area contributed by atoms with E-state index in [0.717, 1.165) is 5.01 Å². The molecule has 2 heterocycles. The first-order chi connectivity index (χ1) is 12.0. The minimum atomic E-state index is -1.02. The Labute approximate surface area is 144 Å². The molecule has 0 radical (unpaired) electrons. The smallest absolute Gasteiger partial charge is 0.186 e. The highest BCUT2D eigenvalue weighted by atomic mass is 19.2. The number of benzene rings is 1. The highest BCUT2D eigenvalue weighted by Gasteiger charge is 2.25. The van der Waals surface area contributed by atoms with Crippen LogP contribution in [0.25, 0.3) is 0 Å². The normalized spacial score (nSPS) is 17.9. The van der Waals surface area contributed by atoms with Crippen LogP contribution in [0.3, 0.4) is 0 Å². The molecule has 3 rings (SSSR count).